The van der Waals surface area contributed by atoms with E-state index < -0.39 is 12.5 Å². The van der Waals surface area contributed by atoms with Crippen LogP contribution in [0.4, 0.5) is 14.8 Å². The lowest BCUT2D eigenvalue weighted by Gasteiger charge is -2.13. The quantitative estimate of drug-likeness (QED) is 0.290. The third-order valence-corrected chi connectivity index (χ3v) is 5.52. The minimum atomic E-state index is -2.96. The summed E-state index contributed by atoms with van der Waals surface area (Å²) in [6.45, 7) is 0.799. The van der Waals surface area contributed by atoms with Crippen LogP contribution in [-0.2, 0) is 4.79 Å². The molecule has 0 aliphatic carbocycles. The van der Waals surface area contributed by atoms with Gasteiger partial charge in [0.05, 0.1) is 22.3 Å². The van der Waals surface area contributed by atoms with Crippen LogP contribution in [0.3, 0.4) is 0 Å². The number of benzene rings is 2. The van der Waals surface area contributed by atoms with Crippen molar-refractivity contribution in [3.8, 4) is 11.4 Å². The first kappa shape index (κ1) is 23.4. The fourth-order valence-corrected chi connectivity index (χ4v) is 3.83. The van der Waals surface area contributed by atoms with Crippen LogP contribution in [0.15, 0.2) is 62.9 Å². The van der Waals surface area contributed by atoms with Gasteiger partial charge in [0.2, 0.25) is 11.8 Å². The molecule has 4 aromatic rings. The second-order valence-corrected chi connectivity index (χ2v) is 8.30. The fraction of sp³-hybridized carbons (Fsp3) is 0.227. The molecule has 0 fully saturated rings. The van der Waals surface area contributed by atoms with Gasteiger partial charge in [-0.3, -0.25) is 19.5 Å². The summed E-state index contributed by atoms with van der Waals surface area (Å²) >= 11 is 1.02. The van der Waals surface area contributed by atoms with Crippen molar-refractivity contribution in [1.29, 1.82) is 0 Å². The predicted octanol–water partition coefficient (Wildman–Crippen LogP) is 4.22. The smallest absolute Gasteiger partial charge is 0.387 e. The molecule has 0 atom stereocenters. The van der Waals surface area contributed by atoms with Gasteiger partial charge in [-0.25, -0.2) is 4.98 Å². The van der Waals surface area contributed by atoms with E-state index in [0.717, 1.165) is 11.8 Å². The molecular weight excluding hydrogens is 468 g/mol. The molecule has 2 aromatic carbocycles. The van der Waals surface area contributed by atoms with Gasteiger partial charge in [-0.1, -0.05) is 42.8 Å². The number of ether oxygens (including phenoxy) is 1. The molecule has 0 saturated heterocycles. The van der Waals surface area contributed by atoms with E-state index in [1.807, 2.05) is 13.8 Å². The number of para-hydroxylation sites is 1. The van der Waals surface area contributed by atoms with Gasteiger partial charge in [0.15, 0.2) is 5.16 Å². The number of thioether (sulfide) groups is 1. The van der Waals surface area contributed by atoms with Crippen molar-refractivity contribution in [3.05, 3.63) is 64.8 Å². The van der Waals surface area contributed by atoms with Crippen molar-refractivity contribution >= 4 is 34.6 Å². The maximum Gasteiger partial charge on any atom is 0.387 e. The van der Waals surface area contributed by atoms with Gasteiger partial charge in [-0.05, 0) is 36.4 Å². The Morgan fingerprint density at radius 1 is 1.15 bits per heavy atom. The van der Waals surface area contributed by atoms with E-state index in [4.69, 9.17) is 4.42 Å². The lowest BCUT2D eigenvalue weighted by atomic mass is 10.2. The molecule has 0 radical (unpaired) electrons. The first-order valence-electron chi connectivity index (χ1n) is 10.1. The van der Waals surface area contributed by atoms with Gasteiger partial charge in [-0.2, -0.15) is 8.78 Å². The normalized spacial score (nSPS) is 11.4. The van der Waals surface area contributed by atoms with Crippen LogP contribution in [0.1, 0.15) is 25.7 Å². The Labute approximate surface area is 196 Å². The molecule has 4 rings (SSSR count). The Hall–Kier alpha value is -3.80. The Kier molecular flexibility index (Phi) is 6.87. The van der Waals surface area contributed by atoms with E-state index in [9.17, 15) is 18.4 Å². The second kappa shape index (κ2) is 10.00. The van der Waals surface area contributed by atoms with Crippen LogP contribution in [0.5, 0.6) is 5.75 Å². The number of fused-ring (bicyclic) bond motifs is 1. The number of nitrogens with one attached hydrogen (secondary N) is 1. The molecule has 176 valence electrons. The molecule has 0 aliphatic rings. The summed E-state index contributed by atoms with van der Waals surface area (Å²) in [6, 6.07) is 12.3. The monoisotopic (exact) mass is 487 g/mol. The highest BCUT2D eigenvalue weighted by molar-refractivity contribution is 7.99. The zero-order chi connectivity index (χ0) is 24.2. The molecule has 2 heterocycles. The highest BCUT2D eigenvalue weighted by Crippen LogP contribution is 2.24. The minimum absolute atomic E-state index is 0.0150. The molecule has 0 saturated carbocycles. The summed E-state index contributed by atoms with van der Waals surface area (Å²) in [5.74, 6) is -0.168. The van der Waals surface area contributed by atoms with Crippen molar-refractivity contribution in [2.24, 2.45) is 0 Å². The molecule has 12 heteroatoms. The SMILES string of the molecule is CC(C)c1nnc(NC(=O)CSc2nc3ccccc3c(=O)n2-c2ccc(OC(F)F)cc2)o1. The van der Waals surface area contributed by atoms with Crippen molar-refractivity contribution < 1.29 is 22.7 Å². The average molecular weight is 487 g/mol. The maximum absolute atomic E-state index is 13.2. The van der Waals surface area contributed by atoms with Gasteiger partial charge >= 0.3 is 12.6 Å². The molecular formula is C22H19F2N5O4S. The van der Waals surface area contributed by atoms with Crippen molar-refractivity contribution in [2.75, 3.05) is 11.1 Å². The van der Waals surface area contributed by atoms with Crippen molar-refractivity contribution in [2.45, 2.75) is 31.5 Å². The van der Waals surface area contributed by atoms with Crippen LogP contribution >= 0.6 is 11.8 Å². The third kappa shape index (κ3) is 5.22. The molecule has 2 aromatic heterocycles. The summed E-state index contributed by atoms with van der Waals surface area (Å²) in [5.41, 5.74) is 0.476. The summed E-state index contributed by atoms with van der Waals surface area (Å²) < 4.78 is 36.0. The number of carbonyl (C=O) groups excluding carboxylic acids is 1. The Balaban J connectivity index is 1.62. The van der Waals surface area contributed by atoms with Crippen LogP contribution < -0.4 is 15.6 Å². The van der Waals surface area contributed by atoms with E-state index in [1.165, 1.54) is 28.8 Å². The van der Waals surface area contributed by atoms with Crippen molar-refractivity contribution in [1.82, 2.24) is 19.7 Å². The number of hydrogen-bond donors (Lipinski definition) is 1. The number of carbonyl (C=O) groups is 1. The summed E-state index contributed by atoms with van der Waals surface area (Å²) in [4.78, 5) is 30.2. The molecule has 34 heavy (non-hydrogen) atoms. The van der Waals surface area contributed by atoms with E-state index in [2.05, 4.69) is 25.2 Å². The lowest BCUT2D eigenvalue weighted by molar-refractivity contribution is -0.114. The summed E-state index contributed by atoms with van der Waals surface area (Å²) in [5, 5.41) is 10.8. The van der Waals surface area contributed by atoms with Gasteiger partial charge in [0.25, 0.3) is 5.56 Å². The Morgan fingerprint density at radius 2 is 1.88 bits per heavy atom. The molecule has 0 aliphatic heterocycles. The van der Waals surface area contributed by atoms with Crippen LogP contribution in [0.2, 0.25) is 0 Å². The number of nitrogens with zero attached hydrogens (tertiary/aromatic N) is 4. The van der Waals surface area contributed by atoms with Crippen LogP contribution in [0.25, 0.3) is 16.6 Å². The highest BCUT2D eigenvalue weighted by Gasteiger charge is 2.17. The number of alkyl halides is 2. The van der Waals surface area contributed by atoms with Crippen molar-refractivity contribution in [3.63, 3.8) is 0 Å². The van der Waals surface area contributed by atoms with Crippen LogP contribution in [0, 0.1) is 0 Å². The average Bonchev–Trinajstić information content (AvgIpc) is 3.27. The van der Waals surface area contributed by atoms with Crippen LogP contribution in [-0.4, -0.2) is 38.0 Å². The van der Waals surface area contributed by atoms with E-state index in [-0.39, 0.29) is 34.2 Å². The largest absolute Gasteiger partial charge is 0.435 e. The van der Waals surface area contributed by atoms with Gasteiger partial charge in [-0.15, -0.1) is 5.10 Å². The fourth-order valence-electron chi connectivity index (χ4n) is 3.02. The zero-order valence-electron chi connectivity index (χ0n) is 18.1. The number of aromatic nitrogens is 4. The predicted molar refractivity (Wildman–Crippen MR) is 122 cm³/mol. The van der Waals surface area contributed by atoms with Gasteiger partial charge in [0.1, 0.15) is 5.75 Å². The molecule has 1 N–H and O–H groups in total. The Bertz CT molecular complexity index is 1370. The highest BCUT2D eigenvalue weighted by atomic mass is 32.2. The van der Waals surface area contributed by atoms with Gasteiger partial charge < -0.3 is 9.15 Å². The first-order chi connectivity index (χ1) is 16.3. The minimum Gasteiger partial charge on any atom is -0.435 e. The third-order valence-electron chi connectivity index (χ3n) is 4.58. The van der Waals surface area contributed by atoms with E-state index in [0.29, 0.717) is 22.5 Å². The molecule has 0 bridgehead atoms. The molecule has 9 nitrogen and oxygen atoms in total. The number of hydrogen-bond acceptors (Lipinski definition) is 8. The number of halogens is 2. The Morgan fingerprint density at radius 3 is 2.56 bits per heavy atom. The standard InChI is InChI=1S/C22H19F2N5O4S/c1-12(2)18-27-28-21(33-18)26-17(30)11-34-22-25-16-6-4-3-5-15(16)19(31)29(22)13-7-9-14(10-8-13)32-20(23)24/h3-10,12,20H,11H2,1-2H3,(H,26,28,30). The maximum atomic E-state index is 13.2. The number of rotatable bonds is 8. The van der Waals surface area contributed by atoms with E-state index >= 15 is 0 Å². The number of anilines is 1. The molecule has 0 unspecified atom stereocenters. The van der Waals surface area contributed by atoms with Gasteiger partial charge in [0, 0.05) is 5.92 Å². The molecule has 1 amide bonds. The first-order valence-corrected chi connectivity index (χ1v) is 11.1. The summed E-state index contributed by atoms with van der Waals surface area (Å²) in [7, 11) is 0. The van der Waals surface area contributed by atoms with E-state index in [1.54, 1.807) is 24.3 Å². The second-order valence-electron chi connectivity index (χ2n) is 7.36. The summed E-state index contributed by atoms with van der Waals surface area (Å²) in [6.07, 6.45) is 0. The topological polar surface area (TPSA) is 112 Å². The molecule has 0 spiro atoms. The lowest BCUT2D eigenvalue weighted by Crippen LogP contribution is -2.23. The zero-order valence-corrected chi connectivity index (χ0v) is 18.9. The number of amides is 1.